The van der Waals surface area contributed by atoms with Crippen molar-refractivity contribution >= 4 is 21.6 Å². The number of hydrogen-bond donors (Lipinski definition) is 0. The average Bonchev–Trinajstić information content (AvgIpc) is 2.81. The van der Waals surface area contributed by atoms with E-state index in [9.17, 15) is 13.2 Å². The summed E-state index contributed by atoms with van der Waals surface area (Å²) in [6, 6.07) is 5.43. The molecule has 1 saturated heterocycles. The van der Waals surface area contributed by atoms with E-state index in [1.165, 1.54) is 0 Å². The highest BCUT2D eigenvalue weighted by atomic mass is 32.2. The van der Waals surface area contributed by atoms with Gasteiger partial charge in [-0.3, -0.25) is 9.69 Å². The first-order valence-electron chi connectivity index (χ1n) is 7.94. The van der Waals surface area contributed by atoms with Gasteiger partial charge in [0.2, 0.25) is 15.9 Å². The number of hydrogen-bond acceptors (Lipinski definition) is 4. The minimum Gasteiger partial charge on any atom is -0.315 e. The van der Waals surface area contributed by atoms with E-state index in [4.69, 9.17) is 0 Å². The van der Waals surface area contributed by atoms with Crippen molar-refractivity contribution in [1.82, 2.24) is 9.21 Å². The molecule has 0 atom stereocenters. The van der Waals surface area contributed by atoms with Crippen LogP contribution in [0.3, 0.4) is 0 Å². The number of amides is 1. The minimum absolute atomic E-state index is 0.0000886. The molecule has 0 aromatic heterocycles. The van der Waals surface area contributed by atoms with Crippen LogP contribution in [0, 0.1) is 0 Å². The second-order valence-corrected chi connectivity index (χ2v) is 8.39. The molecule has 0 bridgehead atoms. The maximum atomic E-state index is 12.8. The molecule has 0 unspecified atom stereocenters. The third kappa shape index (κ3) is 2.88. The van der Waals surface area contributed by atoms with Gasteiger partial charge in [0.05, 0.1) is 11.3 Å². The topological polar surface area (TPSA) is 60.9 Å². The molecule has 1 aromatic carbocycles. The molecule has 1 amide bonds. The number of fused-ring (bicyclic) bond motifs is 1. The summed E-state index contributed by atoms with van der Waals surface area (Å²) in [5.41, 5.74) is 1.60. The Labute approximate surface area is 137 Å². The quantitative estimate of drug-likeness (QED) is 0.823. The number of carbonyl (C=O) groups excluding carboxylic acids is 1. The normalized spacial score (nSPS) is 20.3. The Bertz CT molecular complexity index is 722. The van der Waals surface area contributed by atoms with E-state index in [1.807, 2.05) is 0 Å². The lowest BCUT2D eigenvalue weighted by Gasteiger charge is -2.36. The van der Waals surface area contributed by atoms with Gasteiger partial charge < -0.3 is 4.90 Å². The third-order valence-corrected chi connectivity index (χ3v) is 6.66. The van der Waals surface area contributed by atoms with Crippen molar-refractivity contribution < 1.29 is 13.2 Å². The molecule has 0 radical (unpaired) electrons. The van der Waals surface area contributed by atoms with Crippen LogP contribution in [0.2, 0.25) is 0 Å². The average molecular weight is 337 g/mol. The second kappa shape index (κ2) is 5.89. The molecule has 0 aliphatic carbocycles. The summed E-state index contributed by atoms with van der Waals surface area (Å²) in [5, 5.41) is 0. The van der Waals surface area contributed by atoms with Crippen molar-refractivity contribution in [3.05, 3.63) is 23.8 Å². The van der Waals surface area contributed by atoms with Crippen LogP contribution in [0.25, 0.3) is 0 Å². The Morgan fingerprint density at radius 1 is 1.09 bits per heavy atom. The van der Waals surface area contributed by atoms with Crippen LogP contribution >= 0.6 is 0 Å². The number of benzene rings is 1. The maximum Gasteiger partial charge on any atom is 0.243 e. The fraction of sp³-hybridized carbons (Fsp3) is 0.562. The third-order valence-electron chi connectivity index (χ3n) is 4.77. The fourth-order valence-corrected chi connectivity index (χ4v) is 4.69. The molecule has 0 spiro atoms. The lowest BCUT2D eigenvalue weighted by molar-refractivity contribution is -0.117. The number of piperazine rings is 1. The smallest absolute Gasteiger partial charge is 0.243 e. The fourth-order valence-electron chi connectivity index (χ4n) is 3.22. The number of sulfonamides is 1. The molecule has 0 saturated carbocycles. The van der Waals surface area contributed by atoms with E-state index in [2.05, 4.69) is 18.7 Å². The zero-order valence-corrected chi connectivity index (χ0v) is 14.6. The highest BCUT2D eigenvalue weighted by Crippen LogP contribution is 2.30. The predicted octanol–water partition coefficient (Wildman–Crippen LogP) is 0.920. The second-order valence-electron chi connectivity index (χ2n) is 6.45. The van der Waals surface area contributed by atoms with Gasteiger partial charge in [0.1, 0.15) is 0 Å². The van der Waals surface area contributed by atoms with Gasteiger partial charge >= 0.3 is 0 Å². The molecular formula is C16H23N3O3S. The van der Waals surface area contributed by atoms with Crippen molar-refractivity contribution in [2.75, 3.05) is 38.1 Å². The van der Waals surface area contributed by atoms with E-state index < -0.39 is 10.0 Å². The first-order chi connectivity index (χ1) is 10.8. The number of anilines is 1. The van der Waals surface area contributed by atoms with Crippen molar-refractivity contribution in [2.24, 2.45) is 0 Å². The summed E-state index contributed by atoms with van der Waals surface area (Å²) in [7, 11) is -1.78. The van der Waals surface area contributed by atoms with E-state index >= 15 is 0 Å². The van der Waals surface area contributed by atoms with Gasteiger partial charge in [0.15, 0.2) is 0 Å². The van der Waals surface area contributed by atoms with Crippen molar-refractivity contribution in [3.8, 4) is 0 Å². The molecule has 2 aliphatic heterocycles. The van der Waals surface area contributed by atoms with Crippen LogP contribution in [0.5, 0.6) is 0 Å². The lowest BCUT2D eigenvalue weighted by atomic mass is 10.2. The van der Waals surface area contributed by atoms with Gasteiger partial charge in [0, 0.05) is 45.0 Å². The number of nitrogens with zero attached hydrogens (tertiary/aromatic N) is 3. The summed E-state index contributed by atoms with van der Waals surface area (Å²) >= 11 is 0. The molecule has 1 aromatic rings. The highest BCUT2D eigenvalue weighted by molar-refractivity contribution is 7.89. The van der Waals surface area contributed by atoms with Crippen molar-refractivity contribution in [2.45, 2.75) is 31.2 Å². The van der Waals surface area contributed by atoms with Gasteiger partial charge in [-0.2, -0.15) is 4.31 Å². The van der Waals surface area contributed by atoms with Crippen LogP contribution in [0.1, 0.15) is 19.4 Å². The van der Waals surface area contributed by atoms with E-state index in [0.717, 1.165) is 24.3 Å². The first kappa shape index (κ1) is 16.4. The van der Waals surface area contributed by atoms with Crippen LogP contribution in [-0.4, -0.2) is 62.8 Å². The molecule has 126 valence electrons. The summed E-state index contributed by atoms with van der Waals surface area (Å²) in [6.45, 7) is 6.77. The summed E-state index contributed by atoms with van der Waals surface area (Å²) in [4.78, 5) is 15.9. The number of rotatable bonds is 3. The monoisotopic (exact) mass is 337 g/mol. The van der Waals surface area contributed by atoms with Crippen LogP contribution in [0.4, 0.5) is 5.69 Å². The van der Waals surface area contributed by atoms with E-state index in [1.54, 1.807) is 34.5 Å². The minimum atomic E-state index is -3.49. The Kier molecular flexibility index (Phi) is 4.20. The van der Waals surface area contributed by atoms with Gasteiger partial charge in [-0.15, -0.1) is 0 Å². The molecular weight excluding hydrogens is 314 g/mol. The molecule has 23 heavy (non-hydrogen) atoms. The largest absolute Gasteiger partial charge is 0.315 e. The van der Waals surface area contributed by atoms with Crippen molar-refractivity contribution in [1.29, 1.82) is 0 Å². The van der Waals surface area contributed by atoms with E-state index in [0.29, 0.717) is 19.1 Å². The zero-order chi connectivity index (χ0) is 16.8. The maximum absolute atomic E-state index is 12.8. The number of carbonyl (C=O) groups is 1. The summed E-state index contributed by atoms with van der Waals surface area (Å²) in [5.74, 6) is 0.0000886. The highest BCUT2D eigenvalue weighted by Gasteiger charge is 2.31. The number of likely N-dealkylation sites (N-methyl/N-ethyl adjacent to an activating group) is 1. The molecule has 3 rings (SSSR count). The molecule has 7 heteroatoms. The summed E-state index contributed by atoms with van der Waals surface area (Å²) in [6.07, 6.45) is 0.274. The van der Waals surface area contributed by atoms with Gasteiger partial charge in [-0.05, 0) is 37.6 Å². The summed E-state index contributed by atoms with van der Waals surface area (Å²) < 4.78 is 27.2. The first-order valence-corrected chi connectivity index (χ1v) is 9.38. The Hall–Kier alpha value is -1.44. The Morgan fingerprint density at radius 2 is 1.74 bits per heavy atom. The van der Waals surface area contributed by atoms with Gasteiger partial charge in [-0.1, -0.05) is 0 Å². The van der Waals surface area contributed by atoms with Crippen LogP contribution < -0.4 is 4.90 Å². The predicted molar refractivity (Wildman–Crippen MR) is 89.0 cm³/mol. The molecule has 6 nitrogen and oxygen atoms in total. The van der Waals surface area contributed by atoms with Gasteiger partial charge in [-0.25, -0.2) is 8.42 Å². The lowest BCUT2D eigenvalue weighted by Crippen LogP contribution is -2.50. The van der Waals surface area contributed by atoms with Gasteiger partial charge in [0.25, 0.3) is 0 Å². The van der Waals surface area contributed by atoms with Crippen LogP contribution in [-0.2, 0) is 21.2 Å². The standard InChI is InChI=1S/C16H23N3O3S/c1-12(2)18-6-8-19(9-7-18)23(21,22)14-4-5-15-13(10-14)11-16(20)17(15)3/h4-5,10,12H,6-9,11H2,1-3H3. The van der Waals surface area contributed by atoms with E-state index in [-0.39, 0.29) is 17.2 Å². The van der Waals surface area contributed by atoms with Crippen LogP contribution in [0.15, 0.2) is 23.1 Å². The molecule has 0 N–H and O–H groups in total. The molecule has 2 heterocycles. The van der Waals surface area contributed by atoms with Crippen molar-refractivity contribution in [3.63, 3.8) is 0 Å². The Balaban J connectivity index is 1.82. The molecule has 2 aliphatic rings. The Morgan fingerprint density at radius 3 is 2.35 bits per heavy atom. The SMILES string of the molecule is CC(C)N1CCN(S(=O)(=O)c2ccc3c(c2)CC(=O)N3C)CC1. The molecule has 1 fully saturated rings. The zero-order valence-electron chi connectivity index (χ0n) is 13.8.